The van der Waals surface area contributed by atoms with Crippen molar-refractivity contribution in [1.82, 2.24) is 10.2 Å². The van der Waals surface area contributed by atoms with E-state index in [0.717, 1.165) is 17.5 Å². The predicted molar refractivity (Wildman–Crippen MR) is 134 cm³/mol. The second-order valence-corrected chi connectivity index (χ2v) is 9.08. The molecule has 0 bridgehead atoms. The molecular formula is C24H30Cl2N2O3S. The second kappa shape index (κ2) is 13.6. The standard InChI is InChI=1S/C24H30Cl2N2O3S/c1-4-12-27-24(30)22(5-2)28(14-17-8-6-9-18(13-17)31-3)23(29)16-32-15-19-20(25)10-7-11-21(19)26/h6-11,13,22H,4-5,12,14-16H2,1-3H3,(H,27,30)/t22-/m1/s1. The Morgan fingerprint density at radius 2 is 1.81 bits per heavy atom. The van der Waals surface area contributed by atoms with Crippen LogP contribution >= 0.6 is 35.0 Å². The Morgan fingerprint density at radius 3 is 2.44 bits per heavy atom. The summed E-state index contributed by atoms with van der Waals surface area (Å²) in [5.41, 5.74) is 1.71. The summed E-state index contributed by atoms with van der Waals surface area (Å²) in [6, 6.07) is 12.3. The van der Waals surface area contributed by atoms with Crippen LogP contribution in [0.5, 0.6) is 5.75 Å². The number of methoxy groups -OCH3 is 1. The van der Waals surface area contributed by atoms with Gasteiger partial charge >= 0.3 is 0 Å². The molecule has 8 heteroatoms. The van der Waals surface area contributed by atoms with Crippen molar-refractivity contribution in [3.05, 3.63) is 63.6 Å². The molecule has 2 amide bonds. The third-order valence-corrected chi connectivity index (χ3v) is 6.61. The molecule has 1 atom stereocenters. The molecule has 0 aliphatic rings. The van der Waals surface area contributed by atoms with Crippen molar-refractivity contribution >= 4 is 46.8 Å². The fraction of sp³-hybridized carbons (Fsp3) is 0.417. The number of hydrogen-bond acceptors (Lipinski definition) is 4. The number of thioether (sulfide) groups is 1. The first-order valence-electron chi connectivity index (χ1n) is 10.6. The smallest absolute Gasteiger partial charge is 0.242 e. The minimum absolute atomic E-state index is 0.112. The molecular weight excluding hydrogens is 467 g/mol. The van der Waals surface area contributed by atoms with E-state index in [4.69, 9.17) is 27.9 Å². The van der Waals surface area contributed by atoms with E-state index in [1.165, 1.54) is 11.8 Å². The lowest BCUT2D eigenvalue weighted by atomic mass is 10.1. The molecule has 2 aromatic carbocycles. The summed E-state index contributed by atoms with van der Waals surface area (Å²) in [6.45, 7) is 4.81. The lowest BCUT2D eigenvalue weighted by Gasteiger charge is -2.30. The Morgan fingerprint density at radius 1 is 1.12 bits per heavy atom. The van der Waals surface area contributed by atoms with Gasteiger partial charge in [0.15, 0.2) is 0 Å². The van der Waals surface area contributed by atoms with E-state index in [-0.39, 0.29) is 17.6 Å². The van der Waals surface area contributed by atoms with Crippen LogP contribution in [-0.4, -0.2) is 42.2 Å². The van der Waals surface area contributed by atoms with Gasteiger partial charge in [-0.3, -0.25) is 9.59 Å². The highest BCUT2D eigenvalue weighted by Crippen LogP contribution is 2.28. The van der Waals surface area contributed by atoms with Crippen LogP contribution in [-0.2, 0) is 21.9 Å². The maximum Gasteiger partial charge on any atom is 0.242 e. The molecule has 0 unspecified atom stereocenters. The van der Waals surface area contributed by atoms with Crippen molar-refractivity contribution in [3.8, 4) is 5.75 Å². The molecule has 0 saturated heterocycles. The van der Waals surface area contributed by atoms with Crippen molar-refractivity contribution in [2.45, 2.75) is 45.0 Å². The van der Waals surface area contributed by atoms with Crippen molar-refractivity contribution in [3.63, 3.8) is 0 Å². The molecule has 1 N–H and O–H groups in total. The van der Waals surface area contributed by atoms with Gasteiger partial charge < -0.3 is 15.0 Å². The van der Waals surface area contributed by atoms with Gasteiger partial charge in [-0.2, -0.15) is 0 Å². The summed E-state index contributed by atoms with van der Waals surface area (Å²) < 4.78 is 5.31. The molecule has 0 heterocycles. The Kier molecular flexibility index (Phi) is 11.2. The number of benzene rings is 2. The molecule has 0 saturated carbocycles. The van der Waals surface area contributed by atoms with Crippen molar-refractivity contribution < 1.29 is 14.3 Å². The van der Waals surface area contributed by atoms with Crippen LogP contribution in [0, 0.1) is 0 Å². The SMILES string of the molecule is CCCNC(=O)[C@@H](CC)N(Cc1cccc(OC)c1)C(=O)CSCc1c(Cl)cccc1Cl. The van der Waals surface area contributed by atoms with E-state index in [9.17, 15) is 9.59 Å². The topological polar surface area (TPSA) is 58.6 Å². The van der Waals surface area contributed by atoms with Crippen LogP contribution in [0.25, 0.3) is 0 Å². The first-order chi connectivity index (χ1) is 15.4. The maximum absolute atomic E-state index is 13.3. The summed E-state index contributed by atoms with van der Waals surface area (Å²) in [4.78, 5) is 27.7. The Bertz CT molecular complexity index is 890. The average Bonchev–Trinajstić information content (AvgIpc) is 2.79. The van der Waals surface area contributed by atoms with Gasteiger partial charge in [-0.15, -0.1) is 11.8 Å². The Balaban J connectivity index is 2.17. The zero-order valence-corrected chi connectivity index (χ0v) is 21.0. The summed E-state index contributed by atoms with van der Waals surface area (Å²) in [5, 5.41) is 4.08. The van der Waals surface area contributed by atoms with Gasteiger partial charge in [-0.25, -0.2) is 0 Å². The molecule has 0 aromatic heterocycles. The van der Waals surface area contributed by atoms with Gasteiger partial charge in [0.25, 0.3) is 0 Å². The summed E-state index contributed by atoms with van der Waals surface area (Å²) in [5.74, 6) is 1.18. The number of carbonyl (C=O) groups excluding carboxylic acids is 2. The van der Waals surface area contributed by atoms with E-state index >= 15 is 0 Å². The molecule has 174 valence electrons. The highest BCUT2D eigenvalue weighted by Gasteiger charge is 2.28. The second-order valence-electron chi connectivity index (χ2n) is 7.28. The number of ether oxygens (including phenoxy) is 1. The van der Waals surface area contributed by atoms with Gasteiger partial charge in [0.1, 0.15) is 11.8 Å². The van der Waals surface area contributed by atoms with Crippen molar-refractivity contribution in [1.29, 1.82) is 0 Å². The molecule has 2 rings (SSSR count). The highest BCUT2D eigenvalue weighted by molar-refractivity contribution is 7.99. The third kappa shape index (κ3) is 7.61. The minimum atomic E-state index is -0.551. The molecule has 2 aromatic rings. The van der Waals surface area contributed by atoms with Crippen LogP contribution in [0.1, 0.15) is 37.8 Å². The summed E-state index contributed by atoms with van der Waals surface area (Å²) >= 11 is 13.9. The van der Waals surface area contributed by atoms with Crippen LogP contribution in [0.3, 0.4) is 0 Å². The van der Waals surface area contributed by atoms with Gasteiger partial charge in [0.05, 0.1) is 12.9 Å². The Labute approximate surface area is 204 Å². The fourth-order valence-electron chi connectivity index (χ4n) is 3.25. The number of rotatable bonds is 12. The molecule has 0 aliphatic carbocycles. The third-order valence-electron chi connectivity index (χ3n) is 4.96. The van der Waals surface area contributed by atoms with Crippen LogP contribution in [0.4, 0.5) is 0 Å². The first kappa shape index (κ1) is 26.4. The van der Waals surface area contributed by atoms with Gasteiger partial charge in [0, 0.05) is 28.9 Å². The van der Waals surface area contributed by atoms with Gasteiger partial charge in [-0.05, 0) is 48.2 Å². The monoisotopic (exact) mass is 496 g/mol. The van der Waals surface area contributed by atoms with E-state index in [1.807, 2.05) is 38.1 Å². The molecule has 5 nitrogen and oxygen atoms in total. The molecule has 0 fully saturated rings. The van der Waals surface area contributed by atoms with E-state index in [2.05, 4.69) is 5.32 Å². The fourth-order valence-corrected chi connectivity index (χ4v) is 4.89. The first-order valence-corrected chi connectivity index (χ1v) is 12.5. The lowest BCUT2D eigenvalue weighted by molar-refractivity contribution is -0.139. The zero-order chi connectivity index (χ0) is 23.5. The number of halogens is 2. The number of amides is 2. The number of nitrogens with one attached hydrogen (secondary N) is 1. The largest absolute Gasteiger partial charge is 0.497 e. The van der Waals surface area contributed by atoms with E-state index in [1.54, 1.807) is 30.2 Å². The number of carbonyl (C=O) groups is 2. The molecule has 0 spiro atoms. The van der Waals surface area contributed by atoms with Crippen LogP contribution < -0.4 is 10.1 Å². The predicted octanol–water partition coefficient (Wildman–Crippen LogP) is 5.57. The van der Waals surface area contributed by atoms with Gasteiger partial charge in [-0.1, -0.05) is 55.2 Å². The molecule has 0 radical (unpaired) electrons. The van der Waals surface area contributed by atoms with Crippen molar-refractivity contribution in [2.24, 2.45) is 0 Å². The van der Waals surface area contributed by atoms with Crippen LogP contribution in [0.2, 0.25) is 10.0 Å². The van der Waals surface area contributed by atoms with E-state index < -0.39 is 6.04 Å². The van der Waals surface area contributed by atoms with Gasteiger partial charge in [0.2, 0.25) is 11.8 Å². The lowest BCUT2D eigenvalue weighted by Crippen LogP contribution is -2.49. The molecule has 32 heavy (non-hydrogen) atoms. The number of nitrogens with zero attached hydrogens (tertiary/aromatic N) is 1. The normalized spacial score (nSPS) is 11.7. The summed E-state index contributed by atoms with van der Waals surface area (Å²) in [7, 11) is 1.60. The highest BCUT2D eigenvalue weighted by atomic mass is 35.5. The summed E-state index contributed by atoms with van der Waals surface area (Å²) in [6.07, 6.45) is 1.35. The van der Waals surface area contributed by atoms with E-state index in [0.29, 0.717) is 41.1 Å². The quantitative estimate of drug-likeness (QED) is 0.417. The van der Waals surface area contributed by atoms with Crippen molar-refractivity contribution in [2.75, 3.05) is 19.4 Å². The number of hydrogen-bond donors (Lipinski definition) is 1. The average molecular weight is 497 g/mol. The maximum atomic E-state index is 13.3. The Hall–Kier alpha value is -1.89. The van der Waals surface area contributed by atoms with Crippen LogP contribution in [0.15, 0.2) is 42.5 Å². The zero-order valence-electron chi connectivity index (χ0n) is 18.7. The minimum Gasteiger partial charge on any atom is -0.497 e. The molecule has 0 aliphatic heterocycles.